The fraction of sp³-hybridized carbons (Fsp3) is 0.643. The molecule has 0 radical (unpaired) electrons. The van der Waals surface area contributed by atoms with Crippen LogP contribution in [0.25, 0.3) is 0 Å². The molecule has 1 aromatic rings. The molecule has 122 valence electrons. The molecule has 1 N–H and O–H groups in total. The fourth-order valence-electron chi connectivity index (χ4n) is 3.37. The van der Waals surface area contributed by atoms with E-state index in [0.29, 0.717) is 6.54 Å². The van der Waals surface area contributed by atoms with Crippen LogP contribution in [0.4, 0.5) is 0 Å². The summed E-state index contributed by atoms with van der Waals surface area (Å²) in [7, 11) is -2.45. The van der Waals surface area contributed by atoms with Gasteiger partial charge in [-0.15, -0.1) is 0 Å². The largest absolute Gasteiger partial charge is 0.463 e. The van der Waals surface area contributed by atoms with Gasteiger partial charge in [-0.25, -0.2) is 13.2 Å². The molecule has 0 amide bonds. The van der Waals surface area contributed by atoms with E-state index in [0.717, 1.165) is 25.8 Å². The van der Waals surface area contributed by atoms with Crippen molar-refractivity contribution in [1.29, 1.82) is 0 Å². The Balaban J connectivity index is 1.99. The van der Waals surface area contributed by atoms with E-state index in [9.17, 15) is 13.2 Å². The second-order valence-corrected chi connectivity index (χ2v) is 7.55. The zero-order valence-electron chi connectivity index (χ0n) is 12.7. The lowest BCUT2D eigenvalue weighted by atomic mass is 10.1. The minimum atomic E-state index is -3.68. The summed E-state index contributed by atoms with van der Waals surface area (Å²) in [6.07, 6.45) is 2.54. The van der Waals surface area contributed by atoms with Gasteiger partial charge in [0.1, 0.15) is 10.7 Å². The summed E-state index contributed by atoms with van der Waals surface area (Å²) in [5.74, 6) is -0.541. The average Bonchev–Trinajstić information content (AvgIpc) is 2.98. The number of hydrogen-bond donors (Lipinski definition) is 1. The minimum Gasteiger partial charge on any atom is -0.463 e. The first-order valence-corrected chi connectivity index (χ1v) is 8.82. The second kappa shape index (κ2) is 5.68. The number of carbonyl (C=O) groups excluding carboxylic acids is 1. The van der Waals surface area contributed by atoms with Crippen molar-refractivity contribution in [3.05, 3.63) is 17.6 Å². The summed E-state index contributed by atoms with van der Waals surface area (Å²) < 4.78 is 37.5. The van der Waals surface area contributed by atoms with Crippen LogP contribution in [0, 0.1) is 6.92 Å². The Kier molecular flexibility index (Phi) is 4.00. The smallest absolute Gasteiger partial charge is 0.373 e. The average molecular weight is 328 g/mol. The van der Waals surface area contributed by atoms with Gasteiger partial charge in [0.05, 0.1) is 7.11 Å². The fourth-order valence-corrected chi connectivity index (χ4v) is 5.43. The number of rotatable bonds is 3. The first kappa shape index (κ1) is 15.5. The number of carbonyl (C=O) groups is 1. The SMILES string of the molecule is COC(=O)c1cc(S(=O)(=O)N2C3CCNCC2CC3)c(C)o1. The third-order valence-corrected chi connectivity index (χ3v) is 6.51. The number of nitrogens with zero attached hydrogens (tertiary/aromatic N) is 1. The number of sulfonamides is 1. The van der Waals surface area contributed by atoms with Crippen molar-refractivity contribution >= 4 is 16.0 Å². The standard InChI is InChI=1S/C14H20N2O5S/c1-9-13(7-12(21-9)14(17)20-2)22(18,19)16-10-3-4-11(16)8-15-6-5-10/h7,10-11,15H,3-6,8H2,1-2H3. The number of methoxy groups -OCH3 is 1. The zero-order valence-corrected chi connectivity index (χ0v) is 13.5. The first-order chi connectivity index (χ1) is 10.4. The van der Waals surface area contributed by atoms with Gasteiger partial charge >= 0.3 is 5.97 Å². The third-order valence-electron chi connectivity index (χ3n) is 4.40. The molecule has 0 spiro atoms. The van der Waals surface area contributed by atoms with Crippen LogP contribution in [-0.4, -0.2) is 51.0 Å². The van der Waals surface area contributed by atoms with Gasteiger partial charge in [-0.1, -0.05) is 0 Å². The molecule has 2 unspecified atom stereocenters. The van der Waals surface area contributed by atoms with Crippen LogP contribution in [-0.2, 0) is 14.8 Å². The number of hydrogen-bond acceptors (Lipinski definition) is 6. The highest BCUT2D eigenvalue weighted by molar-refractivity contribution is 7.89. The molecule has 2 bridgehead atoms. The van der Waals surface area contributed by atoms with Crippen molar-refractivity contribution in [3.8, 4) is 0 Å². The second-order valence-electron chi connectivity index (χ2n) is 5.74. The van der Waals surface area contributed by atoms with Crippen molar-refractivity contribution in [1.82, 2.24) is 9.62 Å². The summed E-state index contributed by atoms with van der Waals surface area (Å²) in [5.41, 5.74) is 0. The van der Waals surface area contributed by atoms with Gasteiger partial charge in [-0.3, -0.25) is 0 Å². The minimum absolute atomic E-state index is 0.0147. The number of fused-ring (bicyclic) bond motifs is 2. The van der Waals surface area contributed by atoms with Crippen molar-refractivity contribution in [2.45, 2.75) is 43.2 Å². The maximum Gasteiger partial charge on any atom is 0.373 e. The molecule has 3 heterocycles. The predicted octanol–water partition coefficient (Wildman–Crippen LogP) is 0.890. The van der Waals surface area contributed by atoms with E-state index in [4.69, 9.17) is 4.42 Å². The zero-order chi connectivity index (χ0) is 15.9. The van der Waals surface area contributed by atoms with Crippen LogP contribution in [0.3, 0.4) is 0 Å². The number of ether oxygens (including phenoxy) is 1. The normalized spacial score (nSPS) is 25.9. The molecule has 2 fully saturated rings. The summed E-state index contributed by atoms with van der Waals surface area (Å²) in [5, 5.41) is 3.28. The monoisotopic (exact) mass is 328 g/mol. The molecule has 0 saturated carbocycles. The number of nitrogens with one attached hydrogen (secondary N) is 1. The lowest BCUT2D eigenvalue weighted by Crippen LogP contribution is -2.42. The Morgan fingerprint density at radius 1 is 1.36 bits per heavy atom. The van der Waals surface area contributed by atoms with Crippen molar-refractivity contribution < 1.29 is 22.4 Å². The lowest BCUT2D eigenvalue weighted by molar-refractivity contribution is 0.0563. The van der Waals surface area contributed by atoms with E-state index in [-0.39, 0.29) is 28.5 Å². The van der Waals surface area contributed by atoms with Gasteiger partial charge in [-0.2, -0.15) is 4.31 Å². The molecule has 0 aliphatic carbocycles. The molecule has 7 nitrogen and oxygen atoms in total. The maximum atomic E-state index is 13.0. The highest BCUT2D eigenvalue weighted by atomic mass is 32.2. The predicted molar refractivity (Wildman–Crippen MR) is 78.1 cm³/mol. The van der Waals surface area contributed by atoms with Gasteiger partial charge < -0.3 is 14.5 Å². The van der Waals surface area contributed by atoms with Crippen LogP contribution < -0.4 is 5.32 Å². The van der Waals surface area contributed by atoms with Crippen LogP contribution in [0.1, 0.15) is 35.6 Å². The Hall–Kier alpha value is -1.38. The molecule has 2 saturated heterocycles. The van der Waals surface area contributed by atoms with Gasteiger partial charge in [-0.05, 0) is 32.7 Å². The Bertz CT molecular complexity index is 667. The lowest BCUT2D eigenvalue weighted by Gasteiger charge is -2.26. The molecular formula is C14H20N2O5S. The van der Waals surface area contributed by atoms with E-state index in [1.165, 1.54) is 13.2 Å². The summed E-state index contributed by atoms with van der Waals surface area (Å²) in [6, 6.07) is 1.25. The highest BCUT2D eigenvalue weighted by Gasteiger charge is 2.44. The van der Waals surface area contributed by atoms with Gasteiger partial charge in [0, 0.05) is 24.7 Å². The summed E-state index contributed by atoms with van der Waals surface area (Å²) >= 11 is 0. The van der Waals surface area contributed by atoms with Gasteiger partial charge in [0.15, 0.2) is 0 Å². The molecule has 2 atom stereocenters. The number of aryl methyl sites for hydroxylation is 1. The Labute approximate surface area is 129 Å². The van der Waals surface area contributed by atoms with Crippen LogP contribution >= 0.6 is 0 Å². The van der Waals surface area contributed by atoms with E-state index < -0.39 is 16.0 Å². The Morgan fingerprint density at radius 2 is 2.09 bits per heavy atom. The van der Waals surface area contributed by atoms with Crippen LogP contribution in [0.15, 0.2) is 15.4 Å². The van der Waals surface area contributed by atoms with E-state index in [1.807, 2.05) is 0 Å². The molecular weight excluding hydrogens is 308 g/mol. The Morgan fingerprint density at radius 3 is 2.82 bits per heavy atom. The molecule has 2 aliphatic heterocycles. The quantitative estimate of drug-likeness (QED) is 0.829. The number of furan rings is 1. The summed E-state index contributed by atoms with van der Waals surface area (Å²) in [6.45, 7) is 3.04. The van der Waals surface area contributed by atoms with Crippen LogP contribution in [0.5, 0.6) is 0 Å². The van der Waals surface area contributed by atoms with Crippen molar-refractivity contribution in [2.75, 3.05) is 20.2 Å². The molecule has 0 aromatic carbocycles. The molecule has 1 aromatic heterocycles. The molecule has 22 heavy (non-hydrogen) atoms. The van der Waals surface area contributed by atoms with Gasteiger partial charge in [0.25, 0.3) is 0 Å². The van der Waals surface area contributed by atoms with Crippen LogP contribution in [0.2, 0.25) is 0 Å². The molecule has 8 heteroatoms. The van der Waals surface area contributed by atoms with E-state index >= 15 is 0 Å². The van der Waals surface area contributed by atoms with E-state index in [1.54, 1.807) is 11.2 Å². The summed E-state index contributed by atoms with van der Waals surface area (Å²) in [4.78, 5) is 11.6. The van der Waals surface area contributed by atoms with Gasteiger partial charge in [0.2, 0.25) is 15.8 Å². The third kappa shape index (κ3) is 2.45. The first-order valence-electron chi connectivity index (χ1n) is 7.38. The van der Waals surface area contributed by atoms with E-state index in [2.05, 4.69) is 10.1 Å². The molecule has 3 rings (SSSR count). The van der Waals surface area contributed by atoms with Crippen molar-refractivity contribution in [3.63, 3.8) is 0 Å². The number of esters is 1. The maximum absolute atomic E-state index is 13.0. The topological polar surface area (TPSA) is 88.9 Å². The molecule has 2 aliphatic rings. The highest BCUT2D eigenvalue weighted by Crippen LogP contribution is 2.35. The van der Waals surface area contributed by atoms with Crippen molar-refractivity contribution in [2.24, 2.45) is 0 Å².